The van der Waals surface area contributed by atoms with Crippen LogP contribution in [0.15, 0.2) is 53.4 Å². The molecule has 2 heterocycles. The van der Waals surface area contributed by atoms with Gasteiger partial charge >= 0.3 is 6.09 Å². The summed E-state index contributed by atoms with van der Waals surface area (Å²) < 4.78 is 41.1. The number of methoxy groups -OCH3 is 1. The van der Waals surface area contributed by atoms with E-state index in [2.05, 4.69) is 40.8 Å². The molecule has 2 atom stereocenters. The molecule has 1 fully saturated rings. The maximum Gasteiger partial charge on any atom is 0.407 e. The van der Waals surface area contributed by atoms with Crippen molar-refractivity contribution in [2.75, 3.05) is 18.4 Å². The van der Waals surface area contributed by atoms with Crippen LogP contribution in [0.2, 0.25) is 0 Å². The fourth-order valence-corrected chi connectivity index (χ4v) is 7.45. The van der Waals surface area contributed by atoms with Crippen LogP contribution in [0.4, 0.5) is 10.7 Å². The Bertz CT molecular complexity index is 1560. The molecular formula is C32H40N4O5S. The molecule has 2 aromatic carbocycles. The van der Waals surface area contributed by atoms with Crippen LogP contribution in [0.3, 0.4) is 0 Å². The highest BCUT2D eigenvalue weighted by Gasteiger charge is 2.42. The number of aromatic nitrogens is 2. The van der Waals surface area contributed by atoms with E-state index in [1.807, 2.05) is 38.1 Å². The highest BCUT2D eigenvalue weighted by molar-refractivity contribution is 7.92. The van der Waals surface area contributed by atoms with Gasteiger partial charge in [-0.25, -0.2) is 22.9 Å². The van der Waals surface area contributed by atoms with Gasteiger partial charge in [0.15, 0.2) is 0 Å². The summed E-state index contributed by atoms with van der Waals surface area (Å²) in [5, 5.41) is 2.91. The smallest absolute Gasteiger partial charge is 0.407 e. The normalized spacial score (nSPS) is 23.2. The molecule has 1 amide bonds. The summed E-state index contributed by atoms with van der Waals surface area (Å²) in [5.74, 6) is 0.579. The molecule has 2 aliphatic rings. The number of benzene rings is 2. The van der Waals surface area contributed by atoms with Gasteiger partial charge in [-0.3, -0.25) is 0 Å². The zero-order valence-corrected chi connectivity index (χ0v) is 25.9. The summed E-state index contributed by atoms with van der Waals surface area (Å²) in [4.78, 5) is 21.1. The average Bonchev–Trinajstić information content (AvgIpc) is 2.88. The predicted octanol–water partition coefficient (Wildman–Crippen LogP) is 6.22. The van der Waals surface area contributed by atoms with Gasteiger partial charge in [0.05, 0.1) is 24.3 Å². The number of carbonyl (C=O) groups excluding carboxylic acids is 1. The van der Waals surface area contributed by atoms with Crippen molar-refractivity contribution in [3.8, 4) is 17.1 Å². The van der Waals surface area contributed by atoms with E-state index in [0.29, 0.717) is 18.2 Å². The van der Waals surface area contributed by atoms with Gasteiger partial charge in [0.25, 0.3) is 10.0 Å². The van der Waals surface area contributed by atoms with E-state index in [1.165, 1.54) is 7.11 Å². The second kappa shape index (κ2) is 11.6. The van der Waals surface area contributed by atoms with Crippen molar-refractivity contribution in [3.63, 3.8) is 0 Å². The molecule has 2 N–H and O–H groups in total. The number of nitrogens with one attached hydrogen (secondary N) is 2. The van der Waals surface area contributed by atoms with Gasteiger partial charge < -0.3 is 14.8 Å². The first kappa shape index (κ1) is 29.8. The predicted molar refractivity (Wildman–Crippen MR) is 162 cm³/mol. The number of hydrogen-bond donors (Lipinski definition) is 2. The maximum absolute atomic E-state index is 13.7. The van der Waals surface area contributed by atoms with Gasteiger partial charge in [-0.1, -0.05) is 51.1 Å². The molecule has 1 saturated carbocycles. The first-order valence-electron chi connectivity index (χ1n) is 14.4. The summed E-state index contributed by atoms with van der Waals surface area (Å²) >= 11 is 0. The fraction of sp³-hybridized carbons (Fsp3) is 0.469. The number of alkyl carbamates (subject to hydrolysis) is 1. The molecule has 42 heavy (non-hydrogen) atoms. The lowest BCUT2D eigenvalue weighted by molar-refractivity contribution is 0.0917. The Labute approximate surface area is 248 Å². The van der Waals surface area contributed by atoms with E-state index < -0.39 is 16.1 Å². The molecule has 0 saturated heterocycles. The zero-order chi connectivity index (χ0) is 30.2. The molecule has 5 rings (SSSR count). The molecule has 0 radical (unpaired) electrons. The minimum Gasteiger partial charge on any atom is -0.477 e. The topological polar surface area (TPSA) is 120 Å². The molecule has 3 aromatic rings. The Morgan fingerprint density at radius 1 is 1.07 bits per heavy atom. The number of fused-ring (bicyclic) bond motifs is 4. The van der Waals surface area contributed by atoms with Crippen LogP contribution in [0.25, 0.3) is 11.3 Å². The second-order valence-electron chi connectivity index (χ2n) is 12.8. The SMILES string of the molecule is COC(=O)N[C@H]1C[C@@H](C2c3cccc(c3)S(=O)(=O)Nc3nc(cc(-c4c(C)cccc4C)n3)OC[C@H]2CC(C)(C)C)C1. The number of hydrogen-bond acceptors (Lipinski definition) is 7. The molecular weight excluding hydrogens is 552 g/mol. The summed E-state index contributed by atoms with van der Waals surface area (Å²) in [6, 6.07) is 15.0. The van der Waals surface area contributed by atoms with Gasteiger partial charge in [0.2, 0.25) is 11.8 Å². The number of amides is 1. The molecule has 1 unspecified atom stereocenters. The highest BCUT2D eigenvalue weighted by atomic mass is 32.2. The fourth-order valence-electron chi connectivity index (χ4n) is 6.46. The summed E-state index contributed by atoms with van der Waals surface area (Å²) in [6.45, 7) is 11.0. The second-order valence-corrected chi connectivity index (χ2v) is 14.5. The van der Waals surface area contributed by atoms with Gasteiger partial charge in [0, 0.05) is 23.6 Å². The molecule has 1 aliphatic heterocycles. The van der Waals surface area contributed by atoms with Crippen molar-refractivity contribution < 1.29 is 22.7 Å². The Morgan fingerprint density at radius 2 is 1.76 bits per heavy atom. The quantitative estimate of drug-likeness (QED) is 0.369. The molecule has 1 aromatic heterocycles. The van der Waals surface area contributed by atoms with Crippen molar-refractivity contribution in [3.05, 3.63) is 65.2 Å². The summed E-state index contributed by atoms with van der Waals surface area (Å²) in [5.41, 5.74) is 4.49. The number of rotatable bonds is 4. The van der Waals surface area contributed by atoms with E-state index >= 15 is 0 Å². The Kier molecular flexibility index (Phi) is 8.20. The maximum atomic E-state index is 13.7. The lowest BCUT2D eigenvalue weighted by Gasteiger charge is -2.45. The Morgan fingerprint density at radius 3 is 2.43 bits per heavy atom. The van der Waals surface area contributed by atoms with Crippen molar-refractivity contribution in [2.45, 2.75) is 70.7 Å². The van der Waals surface area contributed by atoms with Crippen LogP contribution >= 0.6 is 0 Å². The standard InChI is InChI=1S/C32H40N4O5S/c1-19-9-7-10-20(2)28(19)26-16-27-35-30(34-26)36-42(38,39)25-12-8-11-21(15-25)29(23(18-41-27)17-32(3,4)5)22-13-24(14-22)33-31(37)40-6/h7-12,15-16,22-24,29H,13-14,17-18H2,1-6H3,(H,33,37)(H,34,35,36)/t22-,23-,24+,29?/m1/s1. The van der Waals surface area contributed by atoms with Gasteiger partial charge in [-0.05, 0) is 79.2 Å². The number of sulfonamides is 1. The molecule has 0 spiro atoms. The third-order valence-electron chi connectivity index (χ3n) is 8.24. The Balaban J connectivity index is 1.60. The van der Waals surface area contributed by atoms with E-state index in [4.69, 9.17) is 9.47 Å². The third kappa shape index (κ3) is 6.53. The minimum atomic E-state index is -3.99. The number of nitrogens with zero attached hydrogens (tertiary/aromatic N) is 2. The van der Waals surface area contributed by atoms with E-state index in [1.54, 1.807) is 24.3 Å². The number of anilines is 1. The van der Waals surface area contributed by atoms with Crippen molar-refractivity contribution >= 4 is 22.1 Å². The Hall–Kier alpha value is -3.66. The monoisotopic (exact) mass is 592 g/mol. The third-order valence-corrected chi connectivity index (χ3v) is 9.56. The average molecular weight is 593 g/mol. The van der Waals surface area contributed by atoms with Gasteiger partial charge in [0.1, 0.15) is 0 Å². The molecule has 9 nitrogen and oxygen atoms in total. The molecule has 10 heteroatoms. The molecule has 224 valence electrons. The lowest BCUT2D eigenvalue weighted by Crippen LogP contribution is -2.47. The molecule has 4 bridgehead atoms. The minimum absolute atomic E-state index is 0.00823. The van der Waals surface area contributed by atoms with Crippen LogP contribution in [-0.2, 0) is 14.8 Å². The van der Waals surface area contributed by atoms with Gasteiger partial charge in [-0.2, -0.15) is 4.98 Å². The lowest BCUT2D eigenvalue weighted by atomic mass is 9.63. The van der Waals surface area contributed by atoms with Gasteiger partial charge in [-0.15, -0.1) is 0 Å². The zero-order valence-electron chi connectivity index (χ0n) is 25.1. The van der Waals surface area contributed by atoms with Crippen LogP contribution in [0.5, 0.6) is 5.88 Å². The van der Waals surface area contributed by atoms with Crippen LogP contribution in [0.1, 0.15) is 62.6 Å². The first-order chi connectivity index (χ1) is 19.8. The van der Waals surface area contributed by atoms with E-state index in [0.717, 1.165) is 41.5 Å². The van der Waals surface area contributed by atoms with E-state index in [-0.39, 0.29) is 40.1 Å². The van der Waals surface area contributed by atoms with E-state index in [9.17, 15) is 13.2 Å². The van der Waals surface area contributed by atoms with Crippen molar-refractivity contribution in [1.82, 2.24) is 15.3 Å². The number of carbonyl (C=O) groups is 1. The first-order valence-corrected chi connectivity index (χ1v) is 15.9. The molecule has 1 aliphatic carbocycles. The number of ether oxygens (including phenoxy) is 2. The largest absolute Gasteiger partial charge is 0.477 e. The van der Waals surface area contributed by atoms with Crippen molar-refractivity contribution in [1.29, 1.82) is 0 Å². The van der Waals surface area contributed by atoms with Crippen LogP contribution < -0.4 is 14.8 Å². The van der Waals surface area contributed by atoms with Crippen molar-refractivity contribution in [2.24, 2.45) is 17.3 Å². The summed E-state index contributed by atoms with van der Waals surface area (Å²) in [6.07, 6.45) is 1.94. The summed E-state index contributed by atoms with van der Waals surface area (Å²) in [7, 11) is -2.63. The highest BCUT2D eigenvalue weighted by Crippen LogP contribution is 2.47. The van der Waals surface area contributed by atoms with Crippen LogP contribution in [-0.4, -0.2) is 44.2 Å². The van der Waals surface area contributed by atoms with Crippen LogP contribution in [0, 0.1) is 31.1 Å². The number of aryl methyl sites for hydroxylation is 2.